The number of aromatic nitrogens is 3. The van der Waals surface area contributed by atoms with E-state index in [-0.39, 0.29) is 6.54 Å². The van der Waals surface area contributed by atoms with Crippen LogP contribution in [0.15, 0.2) is 47.0 Å². The van der Waals surface area contributed by atoms with Crippen molar-refractivity contribution in [2.24, 2.45) is 0 Å². The van der Waals surface area contributed by atoms with E-state index in [0.717, 1.165) is 17.9 Å². The fourth-order valence-corrected chi connectivity index (χ4v) is 2.45. The average Bonchev–Trinajstić information content (AvgIpc) is 3.08. The second kappa shape index (κ2) is 7.03. The van der Waals surface area contributed by atoms with Gasteiger partial charge in [0.15, 0.2) is 5.82 Å². The zero-order valence-electron chi connectivity index (χ0n) is 14.7. The van der Waals surface area contributed by atoms with E-state index in [2.05, 4.69) is 20.3 Å². The van der Waals surface area contributed by atoms with Gasteiger partial charge in [-0.25, -0.2) is 9.97 Å². The van der Waals surface area contributed by atoms with Gasteiger partial charge < -0.3 is 14.8 Å². The van der Waals surface area contributed by atoms with Crippen molar-refractivity contribution in [3.05, 3.63) is 59.8 Å². The summed E-state index contributed by atoms with van der Waals surface area (Å²) in [6.45, 7) is 5.86. The molecule has 0 fully saturated rings. The van der Waals surface area contributed by atoms with Gasteiger partial charge in [0.1, 0.15) is 28.6 Å². The van der Waals surface area contributed by atoms with Crippen LogP contribution in [0.3, 0.4) is 0 Å². The lowest BCUT2D eigenvalue weighted by atomic mass is 10.0. The molecule has 6 nitrogen and oxygen atoms in total. The third-order valence-electron chi connectivity index (χ3n) is 3.92. The first kappa shape index (κ1) is 17.1. The standard InChI is InChI=1S/C19H22N4O2/c1-4-14-11-17(23-18(22-14)15-7-5-6-10-20-15)21-12-19(3,24)16-9-8-13(2)25-16/h5-11,24H,4,12H2,1-3H3,(H,21,22,23). The number of anilines is 1. The summed E-state index contributed by atoms with van der Waals surface area (Å²) in [6.07, 6.45) is 2.50. The first-order chi connectivity index (χ1) is 12.0. The van der Waals surface area contributed by atoms with Gasteiger partial charge in [-0.1, -0.05) is 13.0 Å². The van der Waals surface area contributed by atoms with Crippen molar-refractivity contribution >= 4 is 5.82 Å². The lowest BCUT2D eigenvalue weighted by Gasteiger charge is -2.22. The Morgan fingerprint density at radius 2 is 2.04 bits per heavy atom. The maximum absolute atomic E-state index is 10.7. The molecule has 25 heavy (non-hydrogen) atoms. The van der Waals surface area contributed by atoms with E-state index in [0.29, 0.717) is 23.1 Å². The topological polar surface area (TPSA) is 84.1 Å². The molecule has 3 rings (SSSR count). The van der Waals surface area contributed by atoms with Crippen molar-refractivity contribution in [1.29, 1.82) is 0 Å². The summed E-state index contributed by atoms with van der Waals surface area (Å²) in [6, 6.07) is 11.1. The minimum absolute atomic E-state index is 0.266. The van der Waals surface area contributed by atoms with Crippen molar-refractivity contribution in [3.63, 3.8) is 0 Å². The molecule has 2 N–H and O–H groups in total. The maximum Gasteiger partial charge on any atom is 0.180 e. The van der Waals surface area contributed by atoms with E-state index in [1.165, 1.54) is 0 Å². The van der Waals surface area contributed by atoms with Gasteiger partial charge in [0.2, 0.25) is 0 Å². The predicted molar refractivity (Wildman–Crippen MR) is 96.1 cm³/mol. The number of hydrogen-bond acceptors (Lipinski definition) is 6. The van der Waals surface area contributed by atoms with Crippen LogP contribution in [0, 0.1) is 6.92 Å². The number of nitrogens with zero attached hydrogens (tertiary/aromatic N) is 3. The first-order valence-corrected chi connectivity index (χ1v) is 8.30. The van der Waals surface area contributed by atoms with E-state index in [1.54, 1.807) is 19.2 Å². The molecular weight excluding hydrogens is 316 g/mol. The quantitative estimate of drug-likeness (QED) is 0.717. The Labute approximate surface area is 147 Å². The van der Waals surface area contributed by atoms with Crippen molar-refractivity contribution in [1.82, 2.24) is 15.0 Å². The molecular formula is C19H22N4O2. The number of hydrogen-bond donors (Lipinski definition) is 2. The van der Waals surface area contributed by atoms with Crippen molar-refractivity contribution in [2.75, 3.05) is 11.9 Å². The van der Waals surface area contributed by atoms with E-state index in [4.69, 9.17) is 4.42 Å². The Morgan fingerprint density at radius 1 is 1.20 bits per heavy atom. The van der Waals surface area contributed by atoms with Gasteiger partial charge in [0, 0.05) is 18.0 Å². The number of aryl methyl sites for hydroxylation is 2. The Hall–Kier alpha value is -2.73. The molecule has 1 unspecified atom stereocenters. The monoisotopic (exact) mass is 338 g/mol. The lowest BCUT2D eigenvalue weighted by Crippen LogP contribution is -2.30. The maximum atomic E-state index is 10.7. The van der Waals surface area contributed by atoms with Crippen LogP contribution in [0.1, 0.15) is 31.1 Å². The van der Waals surface area contributed by atoms with Gasteiger partial charge in [-0.15, -0.1) is 0 Å². The van der Waals surface area contributed by atoms with Crippen LogP contribution in [-0.4, -0.2) is 26.6 Å². The molecule has 0 bridgehead atoms. The van der Waals surface area contributed by atoms with E-state index in [1.807, 2.05) is 44.2 Å². The smallest absolute Gasteiger partial charge is 0.180 e. The van der Waals surface area contributed by atoms with Crippen LogP contribution in [0.2, 0.25) is 0 Å². The third-order valence-corrected chi connectivity index (χ3v) is 3.92. The summed E-state index contributed by atoms with van der Waals surface area (Å²) in [4.78, 5) is 13.4. The van der Waals surface area contributed by atoms with E-state index in [9.17, 15) is 5.11 Å². The Bertz CT molecular complexity index is 844. The molecule has 0 saturated carbocycles. The molecule has 3 heterocycles. The molecule has 0 spiro atoms. The van der Waals surface area contributed by atoms with Crippen LogP contribution in [-0.2, 0) is 12.0 Å². The number of aliphatic hydroxyl groups is 1. The highest BCUT2D eigenvalue weighted by molar-refractivity contribution is 5.53. The molecule has 0 aromatic carbocycles. The van der Waals surface area contributed by atoms with Crippen molar-refractivity contribution in [3.8, 4) is 11.5 Å². The van der Waals surface area contributed by atoms with Gasteiger partial charge in [0.25, 0.3) is 0 Å². The molecule has 0 amide bonds. The van der Waals surface area contributed by atoms with Crippen molar-refractivity contribution in [2.45, 2.75) is 32.8 Å². The van der Waals surface area contributed by atoms with Gasteiger partial charge >= 0.3 is 0 Å². The van der Waals surface area contributed by atoms with Gasteiger partial charge in [-0.2, -0.15) is 0 Å². The lowest BCUT2D eigenvalue weighted by molar-refractivity contribution is 0.0467. The zero-order chi connectivity index (χ0) is 17.9. The Kier molecular flexibility index (Phi) is 4.81. The summed E-state index contributed by atoms with van der Waals surface area (Å²) in [5.41, 5.74) is 0.484. The fraction of sp³-hybridized carbons (Fsp3) is 0.316. The largest absolute Gasteiger partial charge is 0.463 e. The third kappa shape index (κ3) is 4.03. The minimum Gasteiger partial charge on any atom is -0.463 e. The highest BCUT2D eigenvalue weighted by Gasteiger charge is 2.26. The summed E-state index contributed by atoms with van der Waals surface area (Å²) in [7, 11) is 0. The van der Waals surface area contributed by atoms with Crippen LogP contribution in [0.4, 0.5) is 5.82 Å². The summed E-state index contributed by atoms with van der Waals surface area (Å²) in [5, 5.41) is 13.8. The average molecular weight is 338 g/mol. The SMILES string of the molecule is CCc1cc(NCC(C)(O)c2ccc(C)o2)nc(-c2ccccn2)n1. The van der Waals surface area contributed by atoms with E-state index >= 15 is 0 Å². The van der Waals surface area contributed by atoms with Crippen LogP contribution < -0.4 is 5.32 Å². The fourth-order valence-electron chi connectivity index (χ4n) is 2.45. The van der Waals surface area contributed by atoms with Gasteiger partial charge in [-0.3, -0.25) is 4.98 Å². The van der Waals surface area contributed by atoms with Crippen LogP contribution >= 0.6 is 0 Å². The second-order valence-electron chi connectivity index (χ2n) is 6.17. The highest BCUT2D eigenvalue weighted by atomic mass is 16.4. The highest BCUT2D eigenvalue weighted by Crippen LogP contribution is 2.24. The number of nitrogens with one attached hydrogen (secondary N) is 1. The Morgan fingerprint density at radius 3 is 2.68 bits per heavy atom. The Balaban J connectivity index is 1.82. The summed E-state index contributed by atoms with van der Waals surface area (Å²) >= 11 is 0. The predicted octanol–water partition coefficient (Wildman–Crippen LogP) is 3.32. The number of furan rings is 1. The van der Waals surface area contributed by atoms with Gasteiger partial charge in [0.05, 0.1) is 6.54 Å². The first-order valence-electron chi connectivity index (χ1n) is 8.30. The number of rotatable bonds is 6. The second-order valence-corrected chi connectivity index (χ2v) is 6.17. The molecule has 0 aliphatic carbocycles. The molecule has 0 aliphatic rings. The summed E-state index contributed by atoms with van der Waals surface area (Å²) in [5.74, 6) is 2.50. The van der Waals surface area contributed by atoms with Gasteiger partial charge in [-0.05, 0) is 44.5 Å². The van der Waals surface area contributed by atoms with Crippen molar-refractivity contribution < 1.29 is 9.52 Å². The normalized spacial score (nSPS) is 13.4. The van der Waals surface area contributed by atoms with Crippen LogP contribution in [0.5, 0.6) is 0 Å². The molecule has 0 saturated heterocycles. The molecule has 0 radical (unpaired) electrons. The molecule has 6 heteroatoms. The molecule has 1 atom stereocenters. The molecule has 3 aromatic heterocycles. The zero-order valence-corrected chi connectivity index (χ0v) is 14.7. The molecule has 130 valence electrons. The number of pyridine rings is 1. The van der Waals surface area contributed by atoms with E-state index < -0.39 is 5.60 Å². The van der Waals surface area contributed by atoms with Crippen LogP contribution in [0.25, 0.3) is 11.5 Å². The summed E-state index contributed by atoms with van der Waals surface area (Å²) < 4.78 is 5.54. The molecule has 3 aromatic rings. The molecule has 0 aliphatic heterocycles. The minimum atomic E-state index is -1.14.